The highest BCUT2D eigenvalue weighted by Crippen LogP contribution is 2.47. The number of rotatable bonds is 36. The predicted octanol–water partition coefficient (Wildman–Crippen LogP) is 8.97. The molecule has 60 heavy (non-hydrogen) atoms. The van der Waals surface area contributed by atoms with Crippen LogP contribution in [0.1, 0.15) is 142 Å². The Kier molecular flexibility index (Phi) is 34.3. The third-order valence-corrected chi connectivity index (χ3v) is 10.7. The van der Waals surface area contributed by atoms with Crippen LogP contribution < -0.4 is 0 Å². The molecule has 6 unspecified atom stereocenters. The van der Waals surface area contributed by atoms with Crippen LogP contribution in [0, 0.1) is 0 Å². The first-order valence-corrected chi connectivity index (χ1v) is 23.9. The van der Waals surface area contributed by atoms with Crippen LogP contribution in [0.4, 0.5) is 0 Å². The molecule has 0 heterocycles. The van der Waals surface area contributed by atoms with Gasteiger partial charge in [0.1, 0.15) is 42.7 Å². The van der Waals surface area contributed by atoms with Crippen molar-refractivity contribution in [3.63, 3.8) is 0 Å². The highest BCUT2D eigenvalue weighted by atomic mass is 31.2. The molecule has 1 fully saturated rings. The van der Waals surface area contributed by atoms with Gasteiger partial charge in [0.2, 0.25) is 0 Å². The molecule has 1 rings (SSSR count). The molecule has 0 bridgehead atoms. The number of aliphatic hydroxyl groups excluding tert-OH is 5. The molecule has 0 spiro atoms. The van der Waals surface area contributed by atoms with E-state index in [1.165, 1.54) is 25.7 Å². The molecule has 0 saturated heterocycles. The van der Waals surface area contributed by atoms with E-state index in [1.807, 2.05) is 0 Å². The maximum Gasteiger partial charge on any atom is 0.472 e. The summed E-state index contributed by atoms with van der Waals surface area (Å²) < 4.78 is 34.0. The maximum atomic E-state index is 12.8. The zero-order valence-electron chi connectivity index (χ0n) is 36.5. The fourth-order valence-electron chi connectivity index (χ4n) is 6.19. The summed E-state index contributed by atoms with van der Waals surface area (Å²) in [6.45, 7) is 3.94. The second-order valence-corrected chi connectivity index (χ2v) is 16.6. The van der Waals surface area contributed by atoms with E-state index >= 15 is 0 Å². The van der Waals surface area contributed by atoms with Crippen LogP contribution in [-0.2, 0) is 27.9 Å². The Bertz CT molecular complexity index is 1310. The van der Waals surface area contributed by atoms with Crippen LogP contribution in [-0.4, -0.2) is 98.9 Å². The molecular weight excluding hydrogens is 787 g/mol. The first-order valence-electron chi connectivity index (χ1n) is 22.4. The van der Waals surface area contributed by atoms with Crippen molar-refractivity contribution in [3.05, 3.63) is 85.1 Å². The second-order valence-electron chi connectivity index (χ2n) is 15.2. The minimum absolute atomic E-state index is 0.125. The number of hydrogen-bond acceptors (Lipinski definition) is 11. The zero-order chi connectivity index (χ0) is 44.1. The smallest absolute Gasteiger partial charge is 0.457 e. The van der Waals surface area contributed by atoms with E-state index in [9.17, 15) is 39.8 Å². The van der Waals surface area contributed by atoms with Crippen molar-refractivity contribution in [1.82, 2.24) is 0 Å². The Morgan fingerprint density at radius 1 is 0.550 bits per heavy atom. The van der Waals surface area contributed by atoms with E-state index in [0.717, 1.165) is 83.5 Å². The van der Waals surface area contributed by atoms with Crippen molar-refractivity contribution < 1.29 is 58.3 Å². The lowest BCUT2D eigenvalue weighted by molar-refractivity contribution is -0.220. The number of carbonyl (C=O) groups excluding carboxylic acids is 1. The summed E-state index contributed by atoms with van der Waals surface area (Å²) in [4.78, 5) is 23.1. The summed E-state index contributed by atoms with van der Waals surface area (Å²) in [5, 5.41) is 50.1. The molecule has 344 valence electrons. The number of carbonyl (C=O) groups is 1. The van der Waals surface area contributed by atoms with Gasteiger partial charge in [-0.1, -0.05) is 137 Å². The molecule has 0 aromatic carbocycles. The van der Waals surface area contributed by atoms with Crippen molar-refractivity contribution in [1.29, 1.82) is 0 Å². The van der Waals surface area contributed by atoms with Gasteiger partial charge in [0.05, 0.1) is 13.2 Å². The van der Waals surface area contributed by atoms with Gasteiger partial charge < -0.3 is 39.9 Å². The van der Waals surface area contributed by atoms with Gasteiger partial charge >= 0.3 is 13.8 Å². The van der Waals surface area contributed by atoms with Crippen LogP contribution in [0.5, 0.6) is 0 Å². The van der Waals surface area contributed by atoms with Gasteiger partial charge in [-0.15, -0.1) is 0 Å². The minimum Gasteiger partial charge on any atom is -0.457 e. The van der Waals surface area contributed by atoms with Gasteiger partial charge in [0, 0.05) is 13.0 Å². The molecule has 1 aliphatic rings. The standard InChI is InChI=1S/C47H79O12P/c1-3-5-7-9-11-13-15-17-19-20-21-22-23-24-26-28-30-32-34-36-41(48)58-40(38-56-37-35-33-31-29-27-25-18-16-14-12-10-8-6-4-2)39-57-60(54,55)59-47-45(52)43(50)42(49)44(51)46(47)53/h6,8,11-14,17-19,21-22,25,29,31,40,42-47,49-53H,3-5,7,9-10,15-16,20,23-24,26-28,30,32-39H2,1-2H3,(H,54,55)/b8-6-,13-11-,14-12-,19-17-,22-21-,25-18-,31-29-. The Balaban J connectivity index is 2.46. The Labute approximate surface area is 361 Å². The van der Waals surface area contributed by atoms with Crippen molar-refractivity contribution in [2.45, 2.75) is 185 Å². The van der Waals surface area contributed by atoms with E-state index in [2.05, 4.69) is 98.9 Å². The second kappa shape index (κ2) is 37.1. The highest BCUT2D eigenvalue weighted by Gasteiger charge is 2.51. The van der Waals surface area contributed by atoms with Gasteiger partial charge in [-0.05, 0) is 83.5 Å². The van der Waals surface area contributed by atoms with Gasteiger partial charge in [-0.2, -0.15) is 0 Å². The summed E-state index contributed by atoms with van der Waals surface area (Å²) in [6, 6.07) is 0. The first-order chi connectivity index (χ1) is 29.0. The summed E-state index contributed by atoms with van der Waals surface area (Å²) in [5.41, 5.74) is 0. The van der Waals surface area contributed by atoms with Crippen molar-refractivity contribution >= 4 is 13.8 Å². The molecule has 0 aliphatic heterocycles. The van der Waals surface area contributed by atoms with E-state index < -0.39 is 63.1 Å². The van der Waals surface area contributed by atoms with Crippen molar-refractivity contribution in [2.75, 3.05) is 19.8 Å². The number of phosphoric acid groups is 1. The maximum absolute atomic E-state index is 12.8. The summed E-state index contributed by atoms with van der Waals surface area (Å²) in [5.74, 6) is -0.513. The molecule has 0 aromatic rings. The summed E-state index contributed by atoms with van der Waals surface area (Å²) in [6.07, 6.45) is 36.6. The average molecular weight is 867 g/mol. The SMILES string of the molecule is CC/C=C\C/C=C\C/C=C\C/C=C\CCCOCC(COP(=O)(O)OC1C(O)C(O)C(O)C(O)C1O)OC(=O)CCCCCCCC/C=C\C/C=C\C/C=C\CCCCC. The molecule has 1 saturated carbocycles. The van der Waals surface area contributed by atoms with E-state index in [0.29, 0.717) is 19.4 Å². The molecule has 0 aromatic heterocycles. The first kappa shape index (κ1) is 55.5. The highest BCUT2D eigenvalue weighted by molar-refractivity contribution is 7.47. The quantitative estimate of drug-likeness (QED) is 0.0152. The lowest BCUT2D eigenvalue weighted by Gasteiger charge is -2.41. The van der Waals surface area contributed by atoms with Gasteiger partial charge in [-0.25, -0.2) is 4.57 Å². The van der Waals surface area contributed by atoms with Crippen molar-refractivity contribution in [2.24, 2.45) is 0 Å². The lowest BCUT2D eigenvalue weighted by atomic mass is 9.85. The van der Waals surface area contributed by atoms with E-state index in [-0.39, 0.29) is 13.0 Å². The number of allylic oxidation sites excluding steroid dienone is 14. The van der Waals surface area contributed by atoms with Gasteiger partial charge in [0.25, 0.3) is 0 Å². The van der Waals surface area contributed by atoms with Crippen LogP contribution in [0.15, 0.2) is 85.1 Å². The third-order valence-electron chi connectivity index (χ3n) is 9.75. The number of aliphatic hydroxyl groups is 5. The molecule has 0 amide bonds. The fraction of sp³-hybridized carbons (Fsp3) is 0.681. The zero-order valence-corrected chi connectivity index (χ0v) is 37.4. The third kappa shape index (κ3) is 28.9. The Morgan fingerprint density at radius 2 is 0.983 bits per heavy atom. The predicted molar refractivity (Wildman–Crippen MR) is 239 cm³/mol. The lowest BCUT2D eigenvalue weighted by Crippen LogP contribution is -2.64. The van der Waals surface area contributed by atoms with E-state index in [4.69, 9.17) is 18.5 Å². The largest absolute Gasteiger partial charge is 0.472 e. The molecule has 12 nitrogen and oxygen atoms in total. The number of unbranched alkanes of at least 4 members (excludes halogenated alkanes) is 10. The van der Waals surface area contributed by atoms with Gasteiger partial charge in [0.15, 0.2) is 0 Å². The van der Waals surface area contributed by atoms with Crippen LogP contribution in [0.2, 0.25) is 0 Å². The number of esters is 1. The number of phosphoric ester groups is 1. The van der Waals surface area contributed by atoms with Crippen LogP contribution in [0.25, 0.3) is 0 Å². The normalized spacial score (nSPS) is 23.1. The summed E-state index contributed by atoms with van der Waals surface area (Å²) >= 11 is 0. The summed E-state index contributed by atoms with van der Waals surface area (Å²) in [7, 11) is -5.04. The minimum atomic E-state index is -5.04. The monoisotopic (exact) mass is 867 g/mol. The van der Waals surface area contributed by atoms with Gasteiger partial charge in [-0.3, -0.25) is 13.8 Å². The number of ether oxygens (including phenoxy) is 2. The average Bonchev–Trinajstić information content (AvgIpc) is 3.23. The van der Waals surface area contributed by atoms with E-state index in [1.54, 1.807) is 0 Å². The van der Waals surface area contributed by atoms with Crippen molar-refractivity contribution in [3.8, 4) is 0 Å². The topological polar surface area (TPSA) is 192 Å². The number of hydrogen-bond donors (Lipinski definition) is 6. The molecule has 1 aliphatic carbocycles. The van der Waals surface area contributed by atoms with Crippen LogP contribution >= 0.6 is 7.82 Å². The molecule has 6 atom stereocenters. The molecule has 13 heteroatoms. The van der Waals surface area contributed by atoms with Crippen LogP contribution in [0.3, 0.4) is 0 Å². The Morgan fingerprint density at radius 3 is 1.50 bits per heavy atom. The molecular formula is C47H79O12P. The molecule has 6 N–H and O–H groups in total. The fourth-order valence-corrected chi connectivity index (χ4v) is 7.16. The Hall–Kier alpha value is -2.48. The molecule has 0 radical (unpaired) electrons.